The van der Waals surface area contributed by atoms with Crippen molar-refractivity contribution in [2.75, 3.05) is 5.73 Å². The molecular weight excluding hydrogens is 244 g/mol. The van der Waals surface area contributed by atoms with E-state index in [0.717, 1.165) is 33.0 Å². The summed E-state index contributed by atoms with van der Waals surface area (Å²) in [7, 11) is 0. The summed E-state index contributed by atoms with van der Waals surface area (Å²) in [4.78, 5) is 4.47. The van der Waals surface area contributed by atoms with Gasteiger partial charge in [-0.2, -0.15) is 5.10 Å². The fraction of sp³-hybridized carbons (Fsp3) is 0.231. The average molecular weight is 258 g/mol. The summed E-state index contributed by atoms with van der Waals surface area (Å²) in [5, 5.41) is 8.76. The molecule has 0 aliphatic heterocycles. The number of hydrogen-bond acceptors (Lipinski definition) is 4. The molecule has 1 aromatic carbocycles. The van der Waals surface area contributed by atoms with Crippen LogP contribution in [0.1, 0.15) is 16.4 Å². The topological polar surface area (TPSA) is 56.7 Å². The van der Waals surface area contributed by atoms with Crippen molar-refractivity contribution < 1.29 is 0 Å². The van der Waals surface area contributed by atoms with Gasteiger partial charge in [0.2, 0.25) is 0 Å². The van der Waals surface area contributed by atoms with Crippen LogP contribution in [0, 0.1) is 13.8 Å². The maximum Gasteiger partial charge on any atom is 0.0898 e. The first-order valence-corrected chi connectivity index (χ1v) is 6.66. The normalized spacial score (nSPS) is 11.2. The minimum atomic E-state index is 0.693. The van der Waals surface area contributed by atoms with Gasteiger partial charge in [-0.1, -0.05) is 6.07 Å². The molecule has 0 atom stereocenters. The second-order valence-electron chi connectivity index (χ2n) is 4.34. The summed E-state index contributed by atoms with van der Waals surface area (Å²) in [6.45, 7) is 4.69. The van der Waals surface area contributed by atoms with Gasteiger partial charge in [0.15, 0.2) is 0 Å². The fourth-order valence-corrected chi connectivity index (χ4v) is 2.81. The van der Waals surface area contributed by atoms with E-state index in [1.807, 2.05) is 36.7 Å². The van der Waals surface area contributed by atoms with Crippen molar-refractivity contribution in [1.29, 1.82) is 0 Å². The van der Waals surface area contributed by atoms with Crippen molar-refractivity contribution in [3.8, 4) is 0 Å². The van der Waals surface area contributed by atoms with Crippen LogP contribution in [-0.2, 0) is 6.54 Å². The molecule has 2 aromatic heterocycles. The first-order valence-electron chi connectivity index (χ1n) is 5.78. The molecule has 2 N–H and O–H groups in total. The van der Waals surface area contributed by atoms with Crippen LogP contribution in [0.5, 0.6) is 0 Å². The molecular formula is C13H14N4S. The van der Waals surface area contributed by atoms with Gasteiger partial charge in [0.1, 0.15) is 0 Å². The first kappa shape index (κ1) is 11.2. The second kappa shape index (κ2) is 4.10. The standard InChI is InChI=1S/C13H14N4S/c1-8-13-11(14)4-3-5-12(13)17(16-8)6-10-7-18-9(2)15-10/h3-5,7H,6,14H2,1-2H3. The maximum atomic E-state index is 6.00. The number of aromatic nitrogens is 3. The molecule has 18 heavy (non-hydrogen) atoms. The van der Waals surface area contributed by atoms with Crippen LogP contribution < -0.4 is 5.73 Å². The molecule has 3 aromatic rings. The lowest BCUT2D eigenvalue weighted by atomic mass is 10.2. The molecule has 0 spiro atoms. The number of fused-ring (bicyclic) bond motifs is 1. The highest BCUT2D eigenvalue weighted by atomic mass is 32.1. The molecule has 92 valence electrons. The molecule has 0 saturated carbocycles. The van der Waals surface area contributed by atoms with E-state index in [-0.39, 0.29) is 0 Å². The third kappa shape index (κ3) is 1.76. The van der Waals surface area contributed by atoms with Gasteiger partial charge in [0, 0.05) is 16.5 Å². The van der Waals surface area contributed by atoms with E-state index in [1.54, 1.807) is 11.3 Å². The molecule has 0 aliphatic carbocycles. The molecule has 0 unspecified atom stereocenters. The quantitative estimate of drug-likeness (QED) is 0.719. The zero-order chi connectivity index (χ0) is 12.7. The van der Waals surface area contributed by atoms with Crippen LogP contribution in [0.3, 0.4) is 0 Å². The number of hydrogen-bond donors (Lipinski definition) is 1. The van der Waals surface area contributed by atoms with E-state index in [2.05, 4.69) is 15.5 Å². The summed E-state index contributed by atoms with van der Waals surface area (Å²) in [6, 6.07) is 5.92. The molecule has 5 heteroatoms. The zero-order valence-corrected chi connectivity index (χ0v) is 11.2. The van der Waals surface area contributed by atoms with E-state index in [1.165, 1.54) is 0 Å². The number of thiazole rings is 1. The lowest BCUT2D eigenvalue weighted by molar-refractivity contribution is 0.691. The van der Waals surface area contributed by atoms with Gasteiger partial charge >= 0.3 is 0 Å². The van der Waals surface area contributed by atoms with Gasteiger partial charge in [0.25, 0.3) is 0 Å². The Bertz CT molecular complexity index is 711. The Morgan fingerprint density at radius 1 is 1.33 bits per heavy atom. The number of nitrogens with two attached hydrogens (primary N) is 1. The predicted molar refractivity (Wildman–Crippen MR) is 74.8 cm³/mol. The molecule has 0 saturated heterocycles. The number of benzene rings is 1. The van der Waals surface area contributed by atoms with Crippen LogP contribution >= 0.6 is 11.3 Å². The minimum absolute atomic E-state index is 0.693. The lowest BCUT2D eigenvalue weighted by Gasteiger charge is -2.01. The largest absolute Gasteiger partial charge is 0.398 e. The number of nitrogen functional groups attached to an aromatic ring is 1. The van der Waals surface area contributed by atoms with Crippen LogP contribution in [0.15, 0.2) is 23.6 Å². The van der Waals surface area contributed by atoms with Crippen LogP contribution in [0.2, 0.25) is 0 Å². The van der Waals surface area contributed by atoms with Crippen molar-refractivity contribution >= 4 is 27.9 Å². The SMILES string of the molecule is Cc1nc(Cn2nc(C)c3c(N)cccc32)cs1. The van der Waals surface area contributed by atoms with Crippen molar-refractivity contribution in [2.24, 2.45) is 0 Å². The van der Waals surface area contributed by atoms with Gasteiger partial charge in [0.05, 0.1) is 28.5 Å². The van der Waals surface area contributed by atoms with Gasteiger partial charge in [-0.25, -0.2) is 4.98 Å². The van der Waals surface area contributed by atoms with Crippen molar-refractivity contribution in [3.05, 3.63) is 40.0 Å². The predicted octanol–water partition coefficient (Wildman–Crippen LogP) is 2.74. The zero-order valence-electron chi connectivity index (χ0n) is 10.3. The lowest BCUT2D eigenvalue weighted by Crippen LogP contribution is -2.02. The minimum Gasteiger partial charge on any atom is -0.398 e. The molecule has 4 nitrogen and oxygen atoms in total. The van der Waals surface area contributed by atoms with Gasteiger partial charge in [-0.15, -0.1) is 11.3 Å². The number of rotatable bonds is 2. The fourth-order valence-electron chi connectivity index (χ4n) is 2.21. The smallest absolute Gasteiger partial charge is 0.0898 e. The molecule has 0 fully saturated rings. The Kier molecular flexibility index (Phi) is 2.56. The van der Waals surface area contributed by atoms with Gasteiger partial charge < -0.3 is 5.73 Å². The molecule has 0 amide bonds. The van der Waals surface area contributed by atoms with E-state index in [9.17, 15) is 0 Å². The summed E-state index contributed by atoms with van der Waals surface area (Å²) in [5.74, 6) is 0. The highest BCUT2D eigenvalue weighted by molar-refractivity contribution is 7.09. The monoisotopic (exact) mass is 258 g/mol. The first-order chi connectivity index (χ1) is 8.65. The highest BCUT2D eigenvalue weighted by Crippen LogP contribution is 2.24. The Morgan fingerprint density at radius 3 is 2.89 bits per heavy atom. The Balaban J connectivity index is 2.10. The van der Waals surface area contributed by atoms with E-state index in [0.29, 0.717) is 6.54 Å². The maximum absolute atomic E-state index is 6.00. The molecule has 0 bridgehead atoms. The summed E-state index contributed by atoms with van der Waals surface area (Å²) >= 11 is 1.66. The van der Waals surface area contributed by atoms with Crippen molar-refractivity contribution in [2.45, 2.75) is 20.4 Å². The molecule has 3 rings (SSSR count). The second-order valence-corrected chi connectivity index (χ2v) is 5.40. The molecule has 0 radical (unpaired) electrons. The molecule has 2 heterocycles. The van der Waals surface area contributed by atoms with Crippen LogP contribution in [-0.4, -0.2) is 14.8 Å². The van der Waals surface area contributed by atoms with Crippen LogP contribution in [0.4, 0.5) is 5.69 Å². The number of anilines is 1. The van der Waals surface area contributed by atoms with E-state index >= 15 is 0 Å². The molecule has 0 aliphatic rings. The number of aryl methyl sites for hydroxylation is 2. The third-order valence-electron chi connectivity index (χ3n) is 2.96. The van der Waals surface area contributed by atoms with E-state index in [4.69, 9.17) is 5.73 Å². The van der Waals surface area contributed by atoms with Crippen molar-refractivity contribution in [3.63, 3.8) is 0 Å². The van der Waals surface area contributed by atoms with Crippen LogP contribution in [0.25, 0.3) is 10.9 Å². The third-order valence-corrected chi connectivity index (χ3v) is 3.79. The Labute approximate surface area is 109 Å². The van der Waals surface area contributed by atoms with Gasteiger partial charge in [-0.3, -0.25) is 4.68 Å². The van der Waals surface area contributed by atoms with Gasteiger partial charge in [-0.05, 0) is 26.0 Å². The Hall–Kier alpha value is -1.88. The van der Waals surface area contributed by atoms with Crippen molar-refractivity contribution in [1.82, 2.24) is 14.8 Å². The highest BCUT2D eigenvalue weighted by Gasteiger charge is 2.10. The Morgan fingerprint density at radius 2 is 2.17 bits per heavy atom. The summed E-state index contributed by atoms with van der Waals surface area (Å²) < 4.78 is 1.97. The summed E-state index contributed by atoms with van der Waals surface area (Å²) in [6.07, 6.45) is 0. The number of nitrogens with zero attached hydrogens (tertiary/aromatic N) is 3. The summed E-state index contributed by atoms with van der Waals surface area (Å²) in [5.41, 5.74) is 9.87. The average Bonchev–Trinajstić information content (AvgIpc) is 2.86. The van der Waals surface area contributed by atoms with E-state index < -0.39 is 0 Å².